The molecule has 0 radical (unpaired) electrons. The number of nitrogens with one attached hydrogen (secondary N) is 1. The van der Waals surface area contributed by atoms with Gasteiger partial charge in [-0.25, -0.2) is 0 Å². The zero-order chi connectivity index (χ0) is 13.4. The first-order chi connectivity index (χ1) is 8.63. The molecule has 2 unspecified atom stereocenters. The van der Waals surface area contributed by atoms with Crippen molar-refractivity contribution in [1.29, 1.82) is 0 Å². The van der Waals surface area contributed by atoms with Gasteiger partial charge in [-0.15, -0.1) is 0 Å². The van der Waals surface area contributed by atoms with Crippen molar-refractivity contribution in [2.75, 3.05) is 39.4 Å². The van der Waals surface area contributed by atoms with Crippen molar-refractivity contribution in [2.24, 2.45) is 5.92 Å². The molecular weight excluding hydrogens is 232 g/mol. The molecule has 2 atom stereocenters. The van der Waals surface area contributed by atoms with Crippen LogP contribution < -0.4 is 5.32 Å². The highest BCUT2D eigenvalue weighted by atomic mass is 16.5. The lowest BCUT2D eigenvalue weighted by atomic mass is 9.93. The maximum absolute atomic E-state index is 11.7. The molecule has 0 aliphatic carbocycles. The molecule has 0 aromatic heterocycles. The van der Waals surface area contributed by atoms with E-state index < -0.39 is 0 Å². The number of carbonyl (C=O) groups excluding carboxylic acids is 1. The summed E-state index contributed by atoms with van der Waals surface area (Å²) in [4.78, 5) is 13.8. The van der Waals surface area contributed by atoms with E-state index >= 15 is 0 Å². The molecule has 2 N–H and O–H groups in total. The molecule has 1 amide bonds. The van der Waals surface area contributed by atoms with Gasteiger partial charge in [0.05, 0.1) is 19.3 Å². The predicted molar refractivity (Wildman–Crippen MR) is 70.3 cm³/mol. The number of ether oxygens (including phenoxy) is 1. The van der Waals surface area contributed by atoms with Crippen molar-refractivity contribution in [3.05, 3.63) is 0 Å². The Morgan fingerprint density at radius 3 is 3.06 bits per heavy atom. The van der Waals surface area contributed by atoms with Crippen LogP contribution in [0.4, 0.5) is 0 Å². The highest BCUT2D eigenvalue weighted by Crippen LogP contribution is 2.19. The highest BCUT2D eigenvalue weighted by Gasteiger charge is 2.24. The standard InChI is InChI=1S/C13H26N2O3/c1-3-18-8-6-14-13(17)10-15-7-4-5-12(9-15)11(2)16/h11-12,16H,3-10H2,1-2H3,(H,14,17). The van der Waals surface area contributed by atoms with Crippen LogP contribution in [0.5, 0.6) is 0 Å². The fourth-order valence-corrected chi connectivity index (χ4v) is 2.29. The Balaban J connectivity index is 2.18. The Kier molecular flexibility index (Phi) is 7.23. The van der Waals surface area contributed by atoms with E-state index in [9.17, 15) is 9.90 Å². The fourth-order valence-electron chi connectivity index (χ4n) is 2.29. The van der Waals surface area contributed by atoms with Crippen LogP contribution >= 0.6 is 0 Å². The Bertz CT molecular complexity index is 246. The molecular formula is C13H26N2O3. The second kappa shape index (κ2) is 8.45. The first kappa shape index (κ1) is 15.4. The number of carbonyl (C=O) groups is 1. The van der Waals surface area contributed by atoms with Crippen molar-refractivity contribution < 1.29 is 14.6 Å². The second-order valence-corrected chi connectivity index (χ2v) is 4.92. The van der Waals surface area contributed by atoms with Crippen LogP contribution in [-0.4, -0.2) is 61.4 Å². The smallest absolute Gasteiger partial charge is 0.234 e. The van der Waals surface area contributed by atoms with Gasteiger partial charge in [-0.05, 0) is 39.2 Å². The summed E-state index contributed by atoms with van der Waals surface area (Å²) in [6.07, 6.45) is 1.83. The third kappa shape index (κ3) is 5.80. The summed E-state index contributed by atoms with van der Waals surface area (Å²) < 4.78 is 5.16. The number of aliphatic hydroxyl groups is 1. The molecule has 106 valence electrons. The molecule has 1 rings (SSSR count). The van der Waals surface area contributed by atoms with Gasteiger partial charge < -0.3 is 15.2 Å². The fraction of sp³-hybridized carbons (Fsp3) is 0.923. The molecule has 0 aromatic carbocycles. The number of rotatable bonds is 7. The van der Waals surface area contributed by atoms with Gasteiger partial charge in [0.1, 0.15) is 0 Å². The topological polar surface area (TPSA) is 61.8 Å². The maximum atomic E-state index is 11.7. The normalized spacial score (nSPS) is 22.7. The summed E-state index contributed by atoms with van der Waals surface area (Å²) in [5.41, 5.74) is 0. The van der Waals surface area contributed by atoms with Crippen LogP contribution in [0.25, 0.3) is 0 Å². The summed E-state index contributed by atoms with van der Waals surface area (Å²) in [5, 5.41) is 12.4. The van der Waals surface area contributed by atoms with E-state index in [1.54, 1.807) is 0 Å². The van der Waals surface area contributed by atoms with Crippen molar-refractivity contribution in [1.82, 2.24) is 10.2 Å². The molecule has 0 saturated carbocycles. The molecule has 18 heavy (non-hydrogen) atoms. The Labute approximate surface area is 109 Å². The number of hydrogen-bond acceptors (Lipinski definition) is 4. The number of aliphatic hydroxyl groups excluding tert-OH is 1. The minimum absolute atomic E-state index is 0.0425. The lowest BCUT2D eigenvalue weighted by molar-refractivity contribution is -0.123. The van der Waals surface area contributed by atoms with Gasteiger partial charge in [0.15, 0.2) is 0 Å². The van der Waals surface area contributed by atoms with Crippen LogP contribution in [0.1, 0.15) is 26.7 Å². The first-order valence-corrected chi connectivity index (χ1v) is 6.88. The number of hydrogen-bond donors (Lipinski definition) is 2. The SMILES string of the molecule is CCOCCNC(=O)CN1CCCC(C(C)O)C1. The van der Waals surface area contributed by atoms with Crippen LogP contribution in [0, 0.1) is 5.92 Å². The molecule has 0 bridgehead atoms. The zero-order valence-corrected chi connectivity index (χ0v) is 11.5. The Morgan fingerprint density at radius 2 is 2.39 bits per heavy atom. The van der Waals surface area contributed by atoms with Crippen molar-refractivity contribution in [2.45, 2.75) is 32.8 Å². The van der Waals surface area contributed by atoms with E-state index in [1.807, 2.05) is 13.8 Å². The molecule has 1 fully saturated rings. The van der Waals surface area contributed by atoms with Gasteiger partial charge in [-0.3, -0.25) is 9.69 Å². The van der Waals surface area contributed by atoms with E-state index in [2.05, 4.69) is 10.2 Å². The van der Waals surface area contributed by atoms with Crippen LogP contribution in [0.15, 0.2) is 0 Å². The molecule has 5 nitrogen and oxygen atoms in total. The lowest BCUT2D eigenvalue weighted by Crippen LogP contribution is -2.45. The molecule has 5 heteroatoms. The van der Waals surface area contributed by atoms with Crippen LogP contribution in [-0.2, 0) is 9.53 Å². The van der Waals surface area contributed by atoms with Crippen molar-refractivity contribution >= 4 is 5.91 Å². The summed E-state index contributed by atoms with van der Waals surface area (Å²) in [5.74, 6) is 0.343. The van der Waals surface area contributed by atoms with E-state index in [-0.39, 0.29) is 12.0 Å². The predicted octanol–water partition coefficient (Wildman–Crippen LogP) is 0.232. The van der Waals surface area contributed by atoms with E-state index in [0.29, 0.717) is 32.2 Å². The summed E-state index contributed by atoms with van der Waals surface area (Å²) >= 11 is 0. The average Bonchev–Trinajstić information content (AvgIpc) is 2.35. The van der Waals surface area contributed by atoms with E-state index in [4.69, 9.17) is 4.74 Å². The lowest BCUT2D eigenvalue weighted by Gasteiger charge is -2.33. The largest absolute Gasteiger partial charge is 0.393 e. The third-order valence-corrected chi connectivity index (χ3v) is 3.36. The summed E-state index contributed by atoms with van der Waals surface area (Å²) in [6, 6.07) is 0. The summed E-state index contributed by atoms with van der Waals surface area (Å²) in [6.45, 7) is 7.77. The van der Waals surface area contributed by atoms with Gasteiger partial charge in [-0.2, -0.15) is 0 Å². The second-order valence-electron chi connectivity index (χ2n) is 4.92. The van der Waals surface area contributed by atoms with Crippen molar-refractivity contribution in [3.63, 3.8) is 0 Å². The van der Waals surface area contributed by atoms with Gasteiger partial charge in [0, 0.05) is 19.7 Å². The molecule has 1 aliphatic heterocycles. The van der Waals surface area contributed by atoms with Gasteiger partial charge in [0.25, 0.3) is 0 Å². The highest BCUT2D eigenvalue weighted by molar-refractivity contribution is 5.77. The quantitative estimate of drug-likeness (QED) is 0.642. The number of amides is 1. The average molecular weight is 258 g/mol. The van der Waals surface area contributed by atoms with Gasteiger partial charge in [-0.1, -0.05) is 0 Å². The minimum atomic E-state index is -0.284. The van der Waals surface area contributed by atoms with Gasteiger partial charge >= 0.3 is 0 Å². The zero-order valence-electron chi connectivity index (χ0n) is 11.5. The Hall–Kier alpha value is -0.650. The molecule has 1 heterocycles. The number of piperidine rings is 1. The molecule has 1 aliphatic rings. The molecule has 0 aromatic rings. The van der Waals surface area contributed by atoms with E-state index in [1.165, 1.54) is 0 Å². The minimum Gasteiger partial charge on any atom is -0.393 e. The third-order valence-electron chi connectivity index (χ3n) is 3.36. The number of nitrogens with zero attached hydrogens (tertiary/aromatic N) is 1. The van der Waals surface area contributed by atoms with Crippen molar-refractivity contribution in [3.8, 4) is 0 Å². The summed E-state index contributed by atoms with van der Waals surface area (Å²) in [7, 11) is 0. The Morgan fingerprint density at radius 1 is 1.61 bits per heavy atom. The molecule has 0 spiro atoms. The van der Waals surface area contributed by atoms with Gasteiger partial charge in [0.2, 0.25) is 5.91 Å². The van der Waals surface area contributed by atoms with E-state index in [0.717, 1.165) is 25.9 Å². The van der Waals surface area contributed by atoms with Crippen LogP contribution in [0.3, 0.4) is 0 Å². The number of likely N-dealkylation sites (tertiary alicyclic amines) is 1. The monoisotopic (exact) mass is 258 g/mol. The molecule has 1 saturated heterocycles. The first-order valence-electron chi connectivity index (χ1n) is 6.88. The maximum Gasteiger partial charge on any atom is 0.234 e. The van der Waals surface area contributed by atoms with Crippen LogP contribution in [0.2, 0.25) is 0 Å².